The molecular weight excluding hydrogens is 282 g/mol. The molecule has 1 unspecified atom stereocenters. The number of carbonyl (C=O) groups excluding carboxylic acids is 2. The van der Waals surface area contributed by atoms with Crippen molar-refractivity contribution in [1.82, 2.24) is 5.32 Å². The first-order valence-corrected chi connectivity index (χ1v) is 7.92. The number of benzene rings is 1. The Kier molecular flexibility index (Phi) is 5.26. The molecule has 1 aromatic rings. The van der Waals surface area contributed by atoms with Crippen molar-refractivity contribution in [1.29, 1.82) is 0 Å². The average Bonchev–Trinajstić information content (AvgIpc) is 2.38. The lowest BCUT2D eigenvalue weighted by Gasteiger charge is -2.12. The van der Waals surface area contributed by atoms with E-state index in [1.165, 1.54) is 31.2 Å². The van der Waals surface area contributed by atoms with E-state index in [-0.39, 0.29) is 17.1 Å². The third-order valence-corrected chi connectivity index (χ3v) is 3.62. The van der Waals surface area contributed by atoms with Gasteiger partial charge in [0.25, 0.3) is 5.91 Å². The van der Waals surface area contributed by atoms with Crippen LogP contribution in [0.15, 0.2) is 29.2 Å². The Labute approximate surface area is 118 Å². The van der Waals surface area contributed by atoms with Crippen LogP contribution in [0.2, 0.25) is 0 Å². The van der Waals surface area contributed by atoms with Gasteiger partial charge in [0.1, 0.15) is 6.04 Å². The van der Waals surface area contributed by atoms with E-state index >= 15 is 0 Å². The van der Waals surface area contributed by atoms with Crippen LogP contribution in [0.3, 0.4) is 0 Å². The molecule has 0 saturated carbocycles. The highest BCUT2D eigenvalue weighted by molar-refractivity contribution is 7.90. The lowest BCUT2D eigenvalue weighted by atomic mass is 10.2. The minimum absolute atomic E-state index is 0.0499. The van der Waals surface area contributed by atoms with Gasteiger partial charge in [-0.2, -0.15) is 0 Å². The molecule has 7 heteroatoms. The van der Waals surface area contributed by atoms with E-state index in [0.717, 1.165) is 6.26 Å². The molecule has 1 aromatic carbocycles. The van der Waals surface area contributed by atoms with Crippen molar-refractivity contribution in [3.05, 3.63) is 29.8 Å². The summed E-state index contributed by atoms with van der Waals surface area (Å²) in [6, 6.07) is 4.82. The van der Waals surface area contributed by atoms with Crippen LogP contribution in [0.25, 0.3) is 0 Å². The maximum Gasteiger partial charge on any atom is 0.328 e. The lowest BCUT2D eigenvalue weighted by Crippen LogP contribution is -2.39. The molecule has 0 bridgehead atoms. The molecule has 0 aliphatic carbocycles. The summed E-state index contributed by atoms with van der Waals surface area (Å²) in [5.41, 5.74) is 0.170. The second-order valence-corrected chi connectivity index (χ2v) is 6.26. The average molecular weight is 299 g/mol. The number of sulfone groups is 1. The van der Waals surface area contributed by atoms with Gasteiger partial charge in [0.2, 0.25) is 0 Å². The van der Waals surface area contributed by atoms with Gasteiger partial charge in [0.15, 0.2) is 9.84 Å². The molecule has 1 rings (SSSR count). The number of nitrogens with one attached hydrogen (secondary N) is 1. The standard InChI is InChI=1S/C13H17NO5S/c1-4-19-13(16)9(2)14-12(15)10-6-5-7-11(8-10)20(3,17)18/h5-9H,4H2,1-3H3,(H,14,15). The molecule has 0 fully saturated rings. The van der Waals surface area contributed by atoms with Gasteiger partial charge in [-0.15, -0.1) is 0 Å². The van der Waals surface area contributed by atoms with Crippen LogP contribution in [-0.4, -0.2) is 39.2 Å². The first kappa shape index (κ1) is 16.2. The highest BCUT2D eigenvalue weighted by Gasteiger charge is 2.18. The van der Waals surface area contributed by atoms with E-state index in [1.807, 2.05) is 0 Å². The number of carbonyl (C=O) groups is 2. The van der Waals surface area contributed by atoms with Crippen LogP contribution < -0.4 is 5.32 Å². The molecule has 1 atom stereocenters. The van der Waals surface area contributed by atoms with Gasteiger partial charge in [-0.1, -0.05) is 6.07 Å². The van der Waals surface area contributed by atoms with Crippen LogP contribution in [0.1, 0.15) is 24.2 Å². The van der Waals surface area contributed by atoms with E-state index < -0.39 is 27.8 Å². The largest absolute Gasteiger partial charge is 0.464 e. The summed E-state index contributed by atoms with van der Waals surface area (Å²) in [5, 5.41) is 2.45. The fraction of sp³-hybridized carbons (Fsp3) is 0.385. The predicted octanol–water partition coefficient (Wildman–Crippen LogP) is 0.771. The fourth-order valence-electron chi connectivity index (χ4n) is 1.47. The van der Waals surface area contributed by atoms with Gasteiger partial charge >= 0.3 is 5.97 Å². The summed E-state index contributed by atoms with van der Waals surface area (Å²) in [6.07, 6.45) is 1.06. The summed E-state index contributed by atoms with van der Waals surface area (Å²) in [7, 11) is -3.38. The molecule has 0 saturated heterocycles. The quantitative estimate of drug-likeness (QED) is 0.811. The van der Waals surface area contributed by atoms with Crippen molar-refractivity contribution < 1.29 is 22.7 Å². The summed E-state index contributed by atoms with van der Waals surface area (Å²) >= 11 is 0. The van der Waals surface area contributed by atoms with E-state index in [1.54, 1.807) is 6.92 Å². The summed E-state index contributed by atoms with van der Waals surface area (Å²) < 4.78 is 27.6. The van der Waals surface area contributed by atoms with Gasteiger partial charge in [-0.05, 0) is 32.0 Å². The van der Waals surface area contributed by atoms with Crippen LogP contribution in [0.4, 0.5) is 0 Å². The number of esters is 1. The third-order valence-electron chi connectivity index (χ3n) is 2.51. The topological polar surface area (TPSA) is 89.5 Å². The van der Waals surface area contributed by atoms with Gasteiger partial charge < -0.3 is 10.1 Å². The Bertz CT molecular complexity index is 609. The molecular formula is C13H17NO5S. The Morgan fingerprint density at radius 3 is 2.55 bits per heavy atom. The van der Waals surface area contributed by atoms with Crippen molar-refractivity contribution in [2.45, 2.75) is 24.8 Å². The van der Waals surface area contributed by atoms with Gasteiger partial charge in [0.05, 0.1) is 11.5 Å². The van der Waals surface area contributed by atoms with E-state index in [0.29, 0.717) is 0 Å². The molecule has 0 heterocycles. The van der Waals surface area contributed by atoms with Crippen molar-refractivity contribution in [2.24, 2.45) is 0 Å². The van der Waals surface area contributed by atoms with Crippen molar-refractivity contribution in [2.75, 3.05) is 12.9 Å². The Balaban J connectivity index is 2.86. The minimum atomic E-state index is -3.38. The first-order valence-electron chi connectivity index (χ1n) is 6.03. The van der Waals surface area contributed by atoms with Gasteiger partial charge in [0, 0.05) is 11.8 Å². The zero-order valence-electron chi connectivity index (χ0n) is 11.5. The van der Waals surface area contributed by atoms with Gasteiger partial charge in [-0.3, -0.25) is 4.79 Å². The second kappa shape index (κ2) is 6.51. The van der Waals surface area contributed by atoms with Crippen LogP contribution in [-0.2, 0) is 19.4 Å². The second-order valence-electron chi connectivity index (χ2n) is 4.25. The molecule has 0 aliphatic rings. The predicted molar refractivity (Wildman–Crippen MR) is 73.1 cm³/mol. The van der Waals surface area contributed by atoms with Gasteiger partial charge in [-0.25, -0.2) is 13.2 Å². The molecule has 0 aliphatic heterocycles. The SMILES string of the molecule is CCOC(=O)C(C)NC(=O)c1cccc(S(C)(=O)=O)c1. The monoisotopic (exact) mass is 299 g/mol. The number of ether oxygens (including phenoxy) is 1. The summed E-state index contributed by atoms with van der Waals surface area (Å²) in [6.45, 7) is 3.39. The maximum absolute atomic E-state index is 11.9. The zero-order chi connectivity index (χ0) is 15.3. The Morgan fingerprint density at radius 1 is 1.35 bits per heavy atom. The number of amides is 1. The fourth-order valence-corrected chi connectivity index (χ4v) is 2.14. The highest BCUT2D eigenvalue weighted by Crippen LogP contribution is 2.11. The summed E-state index contributed by atoms with van der Waals surface area (Å²) in [5.74, 6) is -1.07. The third kappa shape index (κ3) is 4.34. The molecule has 110 valence electrons. The lowest BCUT2D eigenvalue weighted by molar-refractivity contribution is -0.144. The Morgan fingerprint density at radius 2 is 2.00 bits per heavy atom. The molecule has 0 radical (unpaired) electrons. The molecule has 1 N–H and O–H groups in total. The van der Waals surface area contributed by atoms with Crippen molar-refractivity contribution in [3.8, 4) is 0 Å². The number of hydrogen-bond acceptors (Lipinski definition) is 5. The van der Waals surface area contributed by atoms with Crippen LogP contribution in [0, 0.1) is 0 Å². The zero-order valence-corrected chi connectivity index (χ0v) is 12.4. The molecule has 0 aromatic heterocycles. The number of hydrogen-bond donors (Lipinski definition) is 1. The Hall–Kier alpha value is -1.89. The van der Waals surface area contributed by atoms with E-state index in [9.17, 15) is 18.0 Å². The van der Waals surface area contributed by atoms with Crippen molar-refractivity contribution >= 4 is 21.7 Å². The molecule has 1 amide bonds. The smallest absolute Gasteiger partial charge is 0.328 e. The van der Waals surface area contributed by atoms with Crippen molar-refractivity contribution in [3.63, 3.8) is 0 Å². The minimum Gasteiger partial charge on any atom is -0.464 e. The molecule has 20 heavy (non-hydrogen) atoms. The van der Waals surface area contributed by atoms with Crippen LogP contribution >= 0.6 is 0 Å². The molecule has 0 spiro atoms. The molecule has 6 nitrogen and oxygen atoms in total. The number of rotatable bonds is 5. The van der Waals surface area contributed by atoms with E-state index in [4.69, 9.17) is 4.74 Å². The summed E-state index contributed by atoms with van der Waals surface area (Å²) in [4.78, 5) is 23.4. The maximum atomic E-state index is 11.9. The first-order chi connectivity index (χ1) is 9.25. The normalized spacial score (nSPS) is 12.6. The highest BCUT2D eigenvalue weighted by atomic mass is 32.2. The van der Waals surface area contributed by atoms with Crippen LogP contribution in [0.5, 0.6) is 0 Å². The van der Waals surface area contributed by atoms with E-state index in [2.05, 4.69) is 5.32 Å².